The molecular weight excluding hydrogens is 216 g/mol. The highest BCUT2D eigenvalue weighted by molar-refractivity contribution is 7.12. The van der Waals surface area contributed by atoms with E-state index in [0.717, 1.165) is 6.08 Å². The maximum Gasteiger partial charge on any atom is 0.373 e. The van der Waals surface area contributed by atoms with Gasteiger partial charge in [-0.3, -0.25) is 4.79 Å². The van der Waals surface area contributed by atoms with E-state index in [1.165, 1.54) is 11.3 Å². The van der Waals surface area contributed by atoms with Crippen LogP contribution < -0.4 is 0 Å². The number of hydrogen-bond donors (Lipinski definition) is 1. The molecule has 0 aromatic carbocycles. The molecule has 5 heteroatoms. The Morgan fingerprint density at radius 3 is 2.87 bits per heavy atom. The lowest BCUT2D eigenvalue weighted by Gasteiger charge is -1.98. The number of rotatable bonds is 4. The van der Waals surface area contributed by atoms with Crippen molar-refractivity contribution in [2.75, 3.05) is 6.61 Å². The van der Waals surface area contributed by atoms with Gasteiger partial charge in [0.15, 0.2) is 5.78 Å². The zero-order valence-electron chi connectivity index (χ0n) is 8.10. The third-order valence-corrected chi connectivity index (χ3v) is 2.40. The van der Waals surface area contributed by atoms with Gasteiger partial charge in [-0.05, 0) is 18.4 Å². The van der Waals surface area contributed by atoms with Crippen LogP contribution in [0.5, 0.6) is 0 Å². The Morgan fingerprint density at radius 2 is 2.33 bits per heavy atom. The lowest BCUT2D eigenvalue weighted by molar-refractivity contribution is -0.141. The monoisotopic (exact) mass is 226 g/mol. The molecule has 0 aliphatic rings. The zero-order chi connectivity index (χ0) is 11.3. The Bertz CT molecular complexity index is 378. The molecular formula is C10H10O4S. The number of allylic oxidation sites excluding steroid dienone is 1. The molecule has 0 saturated carbocycles. The van der Waals surface area contributed by atoms with Gasteiger partial charge in [-0.1, -0.05) is 6.07 Å². The molecule has 1 aromatic heterocycles. The normalized spacial score (nSPS) is 11.1. The molecule has 0 saturated heterocycles. The van der Waals surface area contributed by atoms with Crippen molar-refractivity contribution >= 4 is 23.1 Å². The fourth-order valence-electron chi connectivity index (χ4n) is 0.878. The van der Waals surface area contributed by atoms with E-state index in [4.69, 9.17) is 0 Å². The molecule has 0 bridgehead atoms. The summed E-state index contributed by atoms with van der Waals surface area (Å²) >= 11 is 1.24. The van der Waals surface area contributed by atoms with Crippen LogP contribution >= 0.6 is 11.3 Å². The SMILES string of the molecule is CCOC(=O)C(O)=CC(=O)c1cccs1. The first-order valence-corrected chi connectivity index (χ1v) is 5.18. The van der Waals surface area contributed by atoms with E-state index in [1.54, 1.807) is 24.4 Å². The number of aliphatic hydroxyl groups excluding tert-OH is 1. The summed E-state index contributed by atoms with van der Waals surface area (Å²) in [5.41, 5.74) is 0. The summed E-state index contributed by atoms with van der Waals surface area (Å²) in [5, 5.41) is 10.9. The predicted octanol–water partition coefficient (Wildman–Crippen LogP) is 1.94. The number of esters is 1. The number of thiophene rings is 1. The molecule has 1 N–H and O–H groups in total. The van der Waals surface area contributed by atoms with Gasteiger partial charge in [0, 0.05) is 6.08 Å². The quantitative estimate of drug-likeness (QED) is 0.369. The molecule has 0 unspecified atom stereocenters. The minimum absolute atomic E-state index is 0.157. The molecule has 15 heavy (non-hydrogen) atoms. The van der Waals surface area contributed by atoms with Gasteiger partial charge < -0.3 is 9.84 Å². The smallest absolute Gasteiger partial charge is 0.373 e. The molecule has 0 aliphatic carbocycles. The highest BCUT2D eigenvalue weighted by atomic mass is 32.1. The Balaban J connectivity index is 2.71. The number of ether oxygens (including phenoxy) is 1. The molecule has 1 heterocycles. The van der Waals surface area contributed by atoms with E-state index in [9.17, 15) is 14.7 Å². The molecule has 0 fully saturated rings. The zero-order valence-corrected chi connectivity index (χ0v) is 8.91. The van der Waals surface area contributed by atoms with Crippen LogP contribution in [0.1, 0.15) is 16.6 Å². The number of aliphatic hydroxyl groups is 1. The predicted molar refractivity (Wildman–Crippen MR) is 56.0 cm³/mol. The highest BCUT2D eigenvalue weighted by Crippen LogP contribution is 2.10. The van der Waals surface area contributed by atoms with Crippen molar-refractivity contribution in [3.8, 4) is 0 Å². The van der Waals surface area contributed by atoms with Gasteiger partial charge in [-0.2, -0.15) is 0 Å². The summed E-state index contributed by atoms with van der Waals surface area (Å²) in [4.78, 5) is 22.8. The van der Waals surface area contributed by atoms with Crippen molar-refractivity contribution in [2.45, 2.75) is 6.92 Å². The minimum atomic E-state index is -0.887. The van der Waals surface area contributed by atoms with Gasteiger partial charge in [-0.25, -0.2) is 4.79 Å². The van der Waals surface area contributed by atoms with Crippen molar-refractivity contribution in [1.29, 1.82) is 0 Å². The maximum atomic E-state index is 11.4. The van der Waals surface area contributed by atoms with E-state index >= 15 is 0 Å². The molecule has 1 aromatic rings. The molecule has 0 amide bonds. The second-order valence-corrected chi connectivity index (χ2v) is 3.54. The molecule has 4 nitrogen and oxygen atoms in total. The van der Waals surface area contributed by atoms with Crippen LogP contribution in [-0.4, -0.2) is 23.5 Å². The van der Waals surface area contributed by atoms with Crippen LogP contribution in [0.4, 0.5) is 0 Å². The Hall–Kier alpha value is -1.62. The minimum Gasteiger partial charge on any atom is -0.502 e. The lowest BCUT2D eigenvalue weighted by atomic mass is 10.3. The fourth-order valence-corrected chi connectivity index (χ4v) is 1.51. The number of ketones is 1. The molecule has 1 rings (SSSR count). The first kappa shape index (κ1) is 11.5. The number of carbonyl (C=O) groups is 2. The van der Waals surface area contributed by atoms with Gasteiger partial charge >= 0.3 is 5.97 Å². The van der Waals surface area contributed by atoms with E-state index in [1.807, 2.05) is 0 Å². The van der Waals surface area contributed by atoms with E-state index in [0.29, 0.717) is 4.88 Å². The van der Waals surface area contributed by atoms with Crippen molar-refractivity contribution in [3.05, 3.63) is 34.2 Å². The topological polar surface area (TPSA) is 63.6 Å². The largest absolute Gasteiger partial charge is 0.502 e. The summed E-state index contributed by atoms with van der Waals surface area (Å²) < 4.78 is 4.52. The molecule has 80 valence electrons. The van der Waals surface area contributed by atoms with Crippen LogP contribution in [0.2, 0.25) is 0 Å². The van der Waals surface area contributed by atoms with Crippen molar-refractivity contribution in [2.24, 2.45) is 0 Å². The van der Waals surface area contributed by atoms with Crippen LogP contribution in [0.15, 0.2) is 29.3 Å². The van der Waals surface area contributed by atoms with Crippen molar-refractivity contribution in [1.82, 2.24) is 0 Å². The molecule has 0 spiro atoms. The van der Waals surface area contributed by atoms with E-state index in [-0.39, 0.29) is 6.61 Å². The summed E-state index contributed by atoms with van der Waals surface area (Å²) in [6.07, 6.45) is 0.865. The first-order chi connectivity index (χ1) is 7.15. The van der Waals surface area contributed by atoms with Gasteiger partial charge in [0.05, 0.1) is 11.5 Å². The van der Waals surface area contributed by atoms with E-state index in [2.05, 4.69) is 4.74 Å². The van der Waals surface area contributed by atoms with Crippen LogP contribution in [0.25, 0.3) is 0 Å². The second kappa shape index (κ2) is 5.31. The Labute approximate surface area is 90.8 Å². The standard InChI is InChI=1S/C10H10O4S/c1-2-14-10(13)8(12)6-7(11)9-4-3-5-15-9/h3-6,12H,2H2,1H3. The van der Waals surface area contributed by atoms with Crippen molar-refractivity contribution in [3.63, 3.8) is 0 Å². The van der Waals surface area contributed by atoms with Crippen LogP contribution in [0, 0.1) is 0 Å². The van der Waals surface area contributed by atoms with Crippen LogP contribution in [0.3, 0.4) is 0 Å². The van der Waals surface area contributed by atoms with Crippen molar-refractivity contribution < 1.29 is 19.4 Å². The highest BCUT2D eigenvalue weighted by Gasteiger charge is 2.12. The maximum absolute atomic E-state index is 11.4. The van der Waals surface area contributed by atoms with Gasteiger partial charge in [0.1, 0.15) is 0 Å². The van der Waals surface area contributed by atoms with Crippen LogP contribution in [-0.2, 0) is 9.53 Å². The van der Waals surface area contributed by atoms with E-state index < -0.39 is 17.5 Å². The number of carbonyl (C=O) groups excluding carboxylic acids is 2. The third-order valence-electron chi connectivity index (χ3n) is 1.52. The summed E-state index contributed by atoms with van der Waals surface area (Å²) in [7, 11) is 0. The molecule has 0 atom stereocenters. The van der Waals surface area contributed by atoms with Gasteiger partial charge in [0.2, 0.25) is 5.76 Å². The first-order valence-electron chi connectivity index (χ1n) is 4.30. The van der Waals surface area contributed by atoms with Gasteiger partial charge in [-0.15, -0.1) is 11.3 Å². The van der Waals surface area contributed by atoms with Gasteiger partial charge in [0.25, 0.3) is 0 Å². The lowest BCUT2D eigenvalue weighted by Crippen LogP contribution is -2.08. The Kier molecular flexibility index (Phi) is 4.05. The third kappa shape index (κ3) is 3.21. The average Bonchev–Trinajstić information content (AvgIpc) is 2.70. The summed E-state index contributed by atoms with van der Waals surface area (Å²) in [5.74, 6) is -1.96. The second-order valence-electron chi connectivity index (χ2n) is 2.59. The molecule has 0 radical (unpaired) electrons. The fraction of sp³-hybridized carbons (Fsp3) is 0.200. The summed E-state index contributed by atoms with van der Waals surface area (Å²) in [6, 6.07) is 3.33. The number of hydrogen-bond acceptors (Lipinski definition) is 5. The average molecular weight is 226 g/mol. The molecule has 0 aliphatic heterocycles. The summed E-state index contributed by atoms with van der Waals surface area (Å²) in [6.45, 7) is 1.77. The Morgan fingerprint density at radius 1 is 1.60 bits per heavy atom.